The van der Waals surface area contributed by atoms with Crippen LogP contribution < -0.4 is 4.74 Å². The Hall–Kier alpha value is -2.01. The Labute approximate surface area is 137 Å². The number of aromatic hydroxyl groups is 1. The molecule has 2 aromatic rings. The molecule has 0 aliphatic heterocycles. The van der Waals surface area contributed by atoms with E-state index in [4.69, 9.17) is 9.47 Å². The van der Waals surface area contributed by atoms with Gasteiger partial charge >= 0.3 is 5.97 Å². The number of hydrogen-bond acceptors (Lipinski definition) is 4. The summed E-state index contributed by atoms with van der Waals surface area (Å²) in [6.07, 6.45) is 0. The van der Waals surface area contributed by atoms with Gasteiger partial charge in [0.25, 0.3) is 0 Å². The second-order valence-electron chi connectivity index (χ2n) is 4.88. The maximum absolute atomic E-state index is 11.8. The lowest BCUT2D eigenvalue weighted by Gasteiger charge is -2.17. The Balaban J connectivity index is 2.39. The molecule has 0 heterocycles. The second-order valence-corrected chi connectivity index (χ2v) is 5.68. The molecular formula is C17H17BrO4. The molecule has 116 valence electrons. The van der Waals surface area contributed by atoms with Crippen molar-refractivity contribution in [1.29, 1.82) is 0 Å². The van der Waals surface area contributed by atoms with E-state index in [0.717, 1.165) is 5.56 Å². The number of esters is 1. The van der Waals surface area contributed by atoms with E-state index in [0.29, 0.717) is 28.0 Å². The van der Waals surface area contributed by atoms with Crippen LogP contribution in [0.3, 0.4) is 0 Å². The lowest BCUT2D eigenvalue weighted by molar-refractivity contribution is 0.0596. The fraction of sp³-hybridized carbons (Fsp3) is 0.235. The van der Waals surface area contributed by atoms with E-state index >= 15 is 0 Å². The number of phenols is 1. The molecule has 0 saturated heterocycles. The highest BCUT2D eigenvalue weighted by molar-refractivity contribution is 9.10. The molecule has 0 unspecified atom stereocenters. The van der Waals surface area contributed by atoms with Crippen molar-refractivity contribution in [2.24, 2.45) is 0 Å². The van der Waals surface area contributed by atoms with Crippen molar-refractivity contribution < 1.29 is 19.4 Å². The maximum atomic E-state index is 11.8. The zero-order valence-corrected chi connectivity index (χ0v) is 14.2. The van der Waals surface area contributed by atoms with Gasteiger partial charge in [-0.15, -0.1) is 0 Å². The number of phenolic OH excluding ortho intramolecular Hbond substituents is 1. The van der Waals surface area contributed by atoms with E-state index in [2.05, 4.69) is 15.9 Å². The number of halogens is 1. The van der Waals surface area contributed by atoms with Crippen LogP contribution in [0.1, 0.15) is 27.0 Å². The highest BCUT2D eigenvalue weighted by Crippen LogP contribution is 2.41. The van der Waals surface area contributed by atoms with E-state index in [-0.39, 0.29) is 11.3 Å². The van der Waals surface area contributed by atoms with Gasteiger partial charge < -0.3 is 14.6 Å². The first-order chi connectivity index (χ1) is 10.5. The van der Waals surface area contributed by atoms with Gasteiger partial charge in [0.15, 0.2) is 0 Å². The summed E-state index contributed by atoms with van der Waals surface area (Å²) in [5.74, 6) is -0.171. The highest BCUT2D eigenvalue weighted by Gasteiger charge is 2.24. The fourth-order valence-electron chi connectivity index (χ4n) is 2.17. The molecule has 4 nitrogen and oxygen atoms in total. The highest BCUT2D eigenvalue weighted by atomic mass is 79.9. The molecule has 0 aromatic heterocycles. The lowest BCUT2D eigenvalue weighted by atomic mass is 10.0. The maximum Gasteiger partial charge on any atom is 0.341 e. The van der Waals surface area contributed by atoms with Crippen molar-refractivity contribution in [1.82, 2.24) is 0 Å². The van der Waals surface area contributed by atoms with E-state index < -0.39 is 5.97 Å². The predicted molar refractivity (Wildman–Crippen MR) is 87.4 cm³/mol. The van der Waals surface area contributed by atoms with E-state index in [1.165, 1.54) is 7.11 Å². The van der Waals surface area contributed by atoms with Crippen LogP contribution in [0.2, 0.25) is 0 Å². The van der Waals surface area contributed by atoms with Crippen LogP contribution in [0.5, 0.6) is 11.5 Å². The summed E-state index contributed by atoms with van der Waals surface area (Å²) >= 11 is 3.44. The quantitative estimate of drug-likeness (QED) is 0.828. The van der Waals surface area contributed by atoms with Gasteiger partial charge in [0, 0.05) is 5.56 Å². The van der Waals surface area contributed by atoms with E-state index in [1.54, 1.807) is 13.8 Å². The third-order valence-corrected chi connectivity index (χ3v) is 4.41. The number of rotatable bonds is 4. The molecule has 2 aromatic carbocycles. The second kappa shape index (κ2) is 6.83. The Morgan fingerprint density at radius 1 is 1.18 bits per heavy atom. The first-order valence-electron chi connectivity index (χ1n) is 6.74. The zero-order chi connectivity index (χ0) is 16.3. The van der Waals surface area contributed by atoms with Gasteiger partial charge in [-0.25, -0.2) is 4.79 Å². The van der Waals surface area contributed by atoms with Crippen molar-refractivity contribution >= 4 is 21.9 Å². The van der Waals surface area contributed by atoms with Gasteiger partial charge in [-0.1, -0.05) is 30.3 Å². The summed E-state index contributed by atoms with van der Waals surface area (Å²) in [4.78, 5) is 11.8. The van der Waals surface area contributed by atoms with Crippen LogP contribution in [0.4, 0.5) is 0 Å². The standard InChI is InChI=1S/C17H17BrO4/c1-10-13(17(20)21-3)15(19)11(2)16(14(10)18)22-9-12-7-5-4-6-8-12/h4-8,19H,9H2,1-3H3. The molecule has 1 N–H and O–H groups in total. The third kappa shape index (κ3) is 3.09. The summed E-state index contributed by atoms with van der Waals surface area (Å²) in [7, 11) is 1.28. The van der Waals surface area contributed by atoms with E-state index in [9.17, 15) is 9.90 Å². The van der Waals surface area contributed by atoms with Crippen molar-refractivity contribution in [3.05, 3.63) is 57.1 Å². The van der Waals surface area contributed by atoms with Crippen LogP contribution in [-0.4, -0.2) is 18.2 Å². The smallest absolute Gasteiger partial charge is 0.341 e. The average molecular weight is 365 g/mol. The molecule has 22 heavy (non-hydrogen) atoms. The van der Waals surface area contributed by atoms with Crippen LogP contribution in [0, 0.1) is 13.8 Å². The SMILES string of the molecule is COC(=O)c1c(C)c(Br)c(OCc2ccccc2)c(C)c1O. The van der Waals surface area contributed by atoms with Crippen LogP contribution in [0.25, 0.3) is 0 Å². The van der Waals surface area contributed by atoms with Crippen LogP contribution in [-0.2, 0) is 11.3 Å². The molecule has 0 saturated carbocycles. The van der Waals surface area contributed by atoms with Crippen molar-refractivity contribution in [2.45, 2.75) is 20.5 Å². The number of carbonyl (C=O) groups excluding carboxylic acids is 1. The molecular weight excluding hydrogens is 348 g/mol. The molecule has 0 aliphatic carbocycles. The summed E-state index contributed by atoms with van der Waals surface area (Å²) in [5, 5.41) is 10.3. The first-order valence-corrected chi connectivity index (χ1v) is 7.53. The van der Waals surface area contributed by atoms with Crippen LogP contribution >= 0.6 is 15.9 Å². The van der Waals surface area contributed by atoms with Crippen molar-refractivity contribution in [3.8, 4) is 11.5 Å². The molecule has 0 amide bonds. The first kappa shape index (κ1) is 16.4. The van der Waals surface area contributed by atoms with Crippen LogP contribution in [0.15, 0.2) is 34.8 Å². The molecule has 0 radical (unpaired) electrons. The van der Waals surface area contributed by atoms with Gasteiger partial charge in [0.05, 0.1) is 11.6 Å². The number of carbonyl (C=O) groups is 1. The van der Waals surface area contributed by atoms with Gasteiger partial charge in [-0.2, -0.15) is 0 Å². The zero-order valence-electron chi connectivity index (χ0n) is 12.6. The minimum atomic E-state index is -0.576. The number of hydrogen-bond donors (Lipinski definition) is 1. The summed E-state index contributed by atoms with van der Waals surface area (Å²) in [6, 6.07) is 9.72. The molecule has 5 heteroatoms. The summed E-state index contributed by atoms with van der Waals surface area (Å²) < 4.78 is 11.2. The largest absolute Gasteiger partial charge is 0.507 e. The number of ether oxygens (including phenoxy) is 2. The summed E-state index contributed by atoms with van der Waals surface area (Å²) in [6.45, 7) is 3.80. The van der Waals surface area contributed by atoms with Gasteiger partial charge in [-0.05, 0) is 40.9 Å². The van der Waals surface area contributed by atoms with Crippen molar-refractivity contribution in [2.75, 3.05) is 7.11 Å². The Morgan fingerprint density at radius 2 is 1.82 bits per heavy atom. The van der Waals surface area contributed by atoms with Crippen molar-refractivity contribution in [3.63, 3.8) is 0 Å². The lowest BCUT2D eigenvalue weighted by Crippen LogP contribution is -2.08. The fourth-order valence-corrected chi connectivity index (χ4v) is 2.78. The molecule has 2 rings (SSSR count). The molecule has 0 atom stereocenters. The normalized spacial score (nSPS) is 10.4. The number of methoxy groups -OCH3 is 1. The minimum absolute atomic E-state index is 0.115. The molecule has 0 fully saturated rings. The molecule has 0 bridgehead atoms. The summed E-state index contributed by atoms with van der Waals surface area (Å²) in [5.41, 5.74) is 2.24. The van der Waals surface area contributed by atoms with E-state index in [1.807, 2.05) is 30.3 Å². The van der Waals surface area contributed by atoms with Gasteiger partial charge in [-0.3, -0.25) is 0 Å². The van der Waals surface area contributed by atoms with Gasteiger partial charge in [0.1, 0.15) is 23.7 Å². The molecule has 0 spiro atoms. The Morgan fingerprint density at radius 3 is 2.41 bits per heavy atom. The number of benzene rings is 2. The molecule has 0 aliphatic rings. The third-order valence-electron chi connectivity index (χ3n) is 3.45. The Kier molecular flexibility index (Phi) is 5.08. The van der Waals surface area contributed by atoms with Gasteiger partial charge in [0.2, 0.25) is 0 Å². The predicted octanol–water partition coefficient (Wildman–Crippen LogP) is 4.14. The topological polar surface area (TPSA) is 55.8 Å². The Bertz CT molecular complexity index is 667. The minimum Gasteiger partial charge on any atom is -0.507 e. The monoisotopic (exact) mass is 364 g/mol. The average Bonchev–Trinajstić information content (AvgIpc) is 2.54.